The van der Waals surface area contributed by atoms with E-state index < -0.39 is 5.97 Å². The summed E-state index contributed by atoms with van der Waals surface area (Å²) >= 11 is 0. The number of carboxylic acids is 1. The van der Waals surface area contributed by atoms with Crippen molar-refractivity contribution in [1.82, 2.24) is 9.80 Å². The molecule has 0 atom stereocenters. The van der Waals surface area contributed by atoms with Gasteiger partial charge in [-0.05, 0) is 18.2 Å². The van der Waals surface area contributed by atoms with Crippen LogP contribution in [0.4, 0.5) is 4.79 Å². The molecule has 2 amide bonds. The lowest BCUT2D eigenvalue weighted by atomic mass is 10.2. The van der Waals surface area contributed by atoms with Gasteiger partial charge in [0, 0.05) is 20.1 Å². The minimum absolute atomic E-state index is 0.00267. The Morgan fingerprint density at radius 2 is 2.21 bits per heavy atom. The molecule has 0 aromatic heterocycles. The number of rotatable bonds is 5. The van der Waals surface area contributed by atoms with Crippen molar-refractivity contribution >= 4 is 12.0 Å². The van der Waals surface area contributed by atoms with Gasteiger partial charge in [-0.15, -0.1) is 0 Å². The maximum Gasteiger partial charge on any atom is 0.335 e. The SMILES string of the molecule is CN1CCN(CCOc2cccc(C(=O)O)c2)C1=O. The molecule has 0 radical (unpaired) electrons. The van der Waals surface area contributed by atoms with Crippen molar-refractivity contribution in [3.05, 3.63) is 29.8 Å². The number of benzene rings is 1. The van der Waals surface area contributed by atoms with Crippen molar-refractivity contribution in [3.8, 4) is 5.75 Å². The third-order valence-electron chi connectivity index (χ3n) is 3.01. The monoisotopic (exact) mass is 264 g/mol. The summed E-state index contributed by atoms with van der Waals surface area (Å²) in [5, 5.41) is 8.86. The predicted molar refractivity (Wildman–Crippen MR) is 68.5 cm³/mol. The largest absolute Gasteiger partial charge is 0.492 e. The van der Waals surface area contributed by atoms with Crippen LogP contribution in [-0.4, -0.2) is 60.2 Å². The smallest absolute Gasteiger partial charge is 0.335 e. The first kappa shape index (κ1) is 13.2. The first-order valence-corrected chi connectivity index (χ1v) is 6.04. The third-order valence-corrected chi connectivity index (χ3v) is 3.01. The average molecular weight is 264 g/mol. The second kappa shape index (κ2) is 5.60. The summed E-state index contributed by atoms with van der Waals surface area (Å²) in [7, 11) is 1.76. The van der Waals surface area contributed by atoms with E-state index in [0.717, 1.165) is 6.54 Å². The van der Waals surface area contributed by atoms with Gasteiger partial charge in [-0.1, -0.05) is 6.07 Å². The lowest BCUT2D eigenvalue weighted by molar-refractivity contribution is 0.0696. The zero-order valence-corrected chi connectivity index (χ0v) is 10.7. The highest BCUT2D eigenvalue weighted by atomic mass is 16.5. The van der Waals surface area contributed by atoms with Gasteiger partial charge >= 0.3 is 12.0 Å². The number of amides is 2. The summed E-state index contributed by atoms with van der Waals surface area (Å²) < 4.78 is 5.47. The number of ether oxygens (including phenoxy) is 1. The predicted octanol–water partition coefficient (Wildman–Crippen LogP) is 1.13. The van der Waals surface area contributed by atoms with Crippen molar-refractivity contribution in [3.63, 3.8) is 0 Å². The van der Waals surface area contributed by atoms with Crippen molar-refractivity contribution in [1.29, 1.82) is 0 Å². The minimum Gasteiger partial charge on any atom is -0.492 e. The molecule has 6 heteroatoms. The quantitative estimate of drug-likeness (QED) is 0.865. The molecule has 102 valence electrons. The fourth-order valence-electron chi connectivity index (χ4n) is 1.90. The van der Waals surface area contributed by atoms with Crippen LogP contribution in [0.25, 0.3) is 0 Å². The zero-order chi connectivity index (χ0) is 13.8. The number of aromatic carboxylic acids is 1. The number of nitrogens with zero attached hydrogens (tertiary/aromatic N) is 2. The van der Waals surface area contributed by atoms with Crippen LogP contribution in [0, 0.1) is 0 Å². The summed E-state index contributed by atoms with van der Waals surface area (Å²) in [6.45, 7) is 2.28. The van der Waals surface area contributed by atoms with Gasteiger partial charge in [-0.3, -0.25) is 0 Å². The molecule has 1 heterocycles. The van der Waals surface area contributed by atoms with Gasteiger partial charge in [0.2, 0.25) is 0 Å². The lowest BCUT2D eigenvalue weighted by Crippen LogP contribution is -2.32. The molecular weight excluding hydrogens is 248 g/mol. The summed E-state index contributed by atoms with van der Waals surface area (Å²) in [5.74, 6) is -0.485. The fraction of sp³-hybridized carbons (Fsp3) is 0.385. The number of hydrogen-bond acceptors (Lipinski definition) is 3. The number of carbonyl (C=O) groups is 2. The van der Waals surface area contributed by atoms with Crippen molar-refractivity contribution < 1.29 is 19.4 Å². The molecule has 1 saturated heterocycles. The Kier molecular flexibility index (Phi) is 3.89. The van der Waals surface area contributed by atoms with Crippen LogP contribution in [0.3, 0.4) is 0 Å². The molecule has 1 aliphatic rings. The van der Waals surface area contributed by atoms with Crippen LogP contribution >= 0.6 is 0 Å². The molecule has 1 aromatic rings. The highest BCUT2D eigenvalue weighted by Gasteiger charge is 2.24. The Morgan fingerprint density at radius 1 is 1.42 bits per heavy atom. The van der Waals surface area contributed by atoms with E-state index in [1.54, 1.807) is 29.0 Å². The third kappa shape index (κ3) is 3.15. The number of carboxylic acid groups (broad SMARTS) is 1. The van der Waals surface area contributed by atoms with Crippen LogP contribution < -0.4 is 4.74 Å². The van der Waals surface area contributed by atoms with Gasteiger partial charge in [0.05, 0.1) is 12.1 Å². The molecule has 19 heavy (non-hydrogen) atoms. The lowest BCUT2D eigenvalue weighted by Gasteiger charge is -2.16. The van der Waals surface area contributed by atoms with Crippen molar-refractivity contribution in [2.45, 2.75) is 0 Å². The molecular formula is C13H16N2O4. The highest BCUT2D eigenvalue weighted by molar-refractivity contribution is 5.88. The summed E-state index contributed by atoms with van der Waals surface area (Å²) in [6.07, 6.45) is 0. The van der Waals surface area contributed by atoms with Crippen LogP contribution in [0.15, 0.2) is 24.3 Å². The zero-order valence-electron chi connectivity index (χ0n) is 10.7. The van der Waals surface area contributed by atoms with Gasteiger partial charge in [-0.2, -0.15) is 0 Å². The molecule has 1 aromatic carbocycles. The standard InChI is InChI=1S/C13H16N2O4/c1-14-5-6-15(13(14)18)7-8-19-11-4-2-3-10(9-11)12(16)17/h2-4,9H,5-8H2,1H3,(H,16,17). The molecule has 0 unspecified atom stereocenters. The fourth-order valence-corrected chi connectivity index (χ4v) is 1.90. The Bertz CT molecular complexity index is 489. The van der Waals surface area contributed by atoms with Crippen LogP contribution in [-0.2, 0) is 0 Å². The second-order valence-corrected chi connectivity index (χ2v) is 4.37. The Hall–Kier alpha value is -2.24. The van der Waals surface area contributed by atoms with Crippen LogP contribution in [0.2, 0.25) is 0 Å². The summed E-state index contributed by atoms with van der Waals surface area (Å²) in [6, 6.07) is 6.31. The normalized spacial score (nSPS) is 14.9. The molecule has 1 aliphatic heterocycles. The Morgan fingerprint density at radius 3 is 2.84 bits per heavy atom. The van der Waals surface area contributed by atoms with Gasteiger partial charge in [0.25, 0.3) is 0 Å². The van der Waals surface area contributed by atoms with E-state index in [1.165, 1.54) is 12.1 Å². The molecule has 0 spiro atoms. The van der Waals surface area contributed by atoms with E-state index in [1.807, 2.05) is 0 Å². The van der Waals surface area contributed by atoms with Gasteiger partial charge in [-0.25, -0.2) is 9.59 Å². The Labute approximate surface area is 111 Å². The minimum atomic E-state index is -0.984. The highest BCUT2D eigenvalue weighted by Crippen LogP contribution is 2.13. The van der Waals surface area contributed by atoms with Gasteiger partial charge in [0.15, 0.2) is 0 Å². The first-order chi connectivity index (χ1) is 9.08. The molecule has 1 N–H and O–H groups in total. The molecule has 0 bridgehead atoms. The average Bonchev–Trinajstić information content (AvgIpc) is 2.71. The van der Waals surface area contributed by atoms with E-state index in [-0.39, 0.29) is 11.6 Å². The molecule has 1 fully saturated rings. The second-order valence-electron chi connectivity index (χ2n) is 4.37. The maximum atomic E-state index is 11.6. The molecule has 0 aliphatic carbocycles. The van der Waals surface area contributed by atoms with E-state index in [4.69, 9.17) is 9.84 Å². The molecule has 0 saturated carbocycles. The summed E-state index contributed by atoms with van der Waals surface area (Å²) in [4.78, 5) is 25.8. The van der Waals surface area contributed by atoms with E-state index >= 15 is 0 Å². The number of urea groups is 1. The van der Waals surface area contributed by atoms with Crippen LogP contribution in [0.1, 0.15) is 10.4 Å². The molecule has 6 nitrogen and oxygen atoms in total. The van der Waals surface area contributed by atoms with Crippen molar-refractivity contribution in [2.24, 2.45) is 0 Å². The van der Waals surface area contributed by atoms with Gasteiger partial charge < -0.3 is 19.6 Å². The van der Waals surface area contributed by atoms with Crippen LogP contribution in [0.5, 0.6) is 5.75 Å². The van der Waals surface area contributed by atoms with Crippen molar-refractivity contribution in [2.75, 3.05) is 33.3 Å². The molecule has 2 rings (SSSR count). The summed E-state index contributed by atoms with van der Waals surface area (Å²) in [5.41, 5.74) is 0.189. The van der Waals surface area contributed by atoms with E-state index in [9.17, 15) is 9.59 Å². The topological polar surface area (TPSA) is 70.1 Å². The number of likely N-dealkylation sites (N-methyl/N-ethyl adjacent to an activating group) is 1. The number of hydrogen-bond donors (Lipinski definition) is 1. The van der Waals surface area contributed by atoms with E-state index in [2.05, 4.69) is 0 Å². The first-order valence-electron chi connectivity index (χ1n) is 6.04. The number of carbonyl (C=O) groups excluding carboxylic acids is 1. The Balaban J connectivity index is 1.84. The maximum absolute atomic E-state index is 11.6. The van der Waals surface area contributed by atoms with E-state index in [0.29, 0.717) is 25.4 Å². The van der Waals surface area contributed by atoms with Gasteiger partial charge in [0.1, 0.15) is 12.4 Å².